The Balaban J connectivity index is 0.00000420. The van der Waals surface area contributed by atoms with E-state index in [0.29, 0.717) is 42.7 Å². The van der Waals surface area contributed by atoms with Crippen molar-refractivity contribution in [3.05, 3.63) is 17.7 Å². The highest BCUT2D eigenvalue weighted by Gasteiger charge is 2.17. The number of hydrogen-bond donors (Lipinski definition) is 2. The van der Waals surface area contributed by atoms with Gasteiger partial charge in [0.15, 0.2) is 17.5 Å². The lowest BCUT2D eigenvalue weighted by Gasteiger charge is -2.16. The van der Waals surface area contributed by atoms with Crippen LogP contribution in [0.3, 0.4) is 0 Å². The second-order valence-electron chi connectivity index (χ2n) is 6.49. The van der Waals surface area contributed by atoms with Crippen molar-refractivity contribution in [1.82, 2.24) is 15.5 Å². The molecule has 1 heterocycles. The van der Waals surface area contributed by atoms with Crippen molar-refractivity contribution < 1.29 is 19.0 Å². The first-order valence-electron chi connectivity index (χ1n) is 9.71. The molecular weight excluding hydrogens is 487 g/mol. The van der Waals surface area contributed by atoms with Gasteiger partial charge in [0.25, 0.3) is 0 Å². The summed E-state index contributed by atoms with van der Waals surface area (Å²) in [6.45, 7) is 5.50. The Kier molecular flexibility index (Phi) is 11.6. The summed E-state index contributed by atoms with van der Waals surface area (Å²) in [5, 5.41) is 6.43. The molecule has 1 aromatic rings. The average Bonchev–Trinajstić information content (AvgIpc) is 3.26. The van der Waals surface area contributed by atoms with Gasteiger partial charge in [-0.3, -0.25) is 4.79 Å². The largest absolute Gasteiger partial charge is 0.493 e. The van der Waals surface area contributed by atoms with Crippen molar-refractivity contribution in [2.24, 2.45) is 4.99 Å². The molecular formula is C20H33IN4O4. The van der Waals surface area contributed by atoms with Crippen LogP contribution in [0.1, 0.15) is 31.7 Å². The van der Waals surface area contributed by atoms with E-state index < -0.39 is 0 Å². The van der Waals surface area contributed by atoms with Gasteiger partial charge >= 0.3 is 0 Å². The second-order valence-corrected chi connectivity index (χ2v) is 6.49. The first-order valence-corrected chi connectivity index (χ1v) is 9.71. The van der Waals surface area contributed by atoms with Crippen LogP contribution in [-0.4, -0.2) is 64.3 Å². The van der Waals surface area contributed by atoms with Crippen LogP contribution in [0.15, 0.2) is 17.1 Å². The zero-order chi connectivity index (χ0) is 20.4. The highest BCUT2D eigenvalue weighted by molar-refractivity contribution is 14.0. The predicted molar refractivity (Wildman–Crippen MR) is 125 cm³/mol. The molecule has 1 amide bonds. The lowest BCUT2D eigenvalue weighted by molar-refractivity contribution is -0.129. The molecule has 1 aliphatic heterocycles. The van der Waals surface area contributed by atoms with Gasteiger partial charge in [0.2, 0.25) is 11.7 Å². The summed E-state index contributed by atoms with van der Waals surface area (Å²) in [4.78, 5) is 18.7. The number of carbonyl (C=O) groups is 1. The fraction of sp³-hybridized carbons (Fsp3) is 0.600. The average molecular weight is 520 g/mol. The van der Waals surface area contributed by atoms with Crippen LogP contribution < -0.4 is 24.8 Å². The molecule has 2 rings (SSSR count). The van der Waals surface area contributed by atoms with Crippen molar-refractivity contribution in [2.75, 3.05) is 47.5 Å². The molecule has 1 saturated heterocycles. The summed E-state index contributed by atoms with van der Waals surface area (Å²) in [5.74, 6) is 2.63. The maximum atomic E-state index is 12.2. The fourth-order valence-electron chi connectivity index (χ4n) is 3.15. The molecule has 0 aromatic heterocycles. The molecule has 0 spiro atoms. The molecule has 9 heteroatoms. The van der Waals surface area contributed by atoms with E-state index in [1.807, 2.05) is 24.0 Å². The number of halogens is 1. The molecule has 1 aromatic carbocycles. The highest BCUT2D eigenvalue weighted by atomic mass is 127. The molecule has 0 radical (unpaired) electrons. The zero-order valence-electron chi connectivity index (χ0n) is 17.7. The molecule has 164 valence electrons. The Morgan fingerprint density at radius 2 is 1.69 bits per heavy atom. The molecule has 29 heavy (non-hydrogen) atoms. The third kappa shape index (κ3) is 7.45. The van der Waals surface area contributed by atoms with Gasteiger partial charge in [-0.25, -0.2) is 4.99 Å². The number of nitrogens with zero attached hydrogens (tertiary/aromatic N) is 2. The van der Waals surface area contributed by atoms with Crippen LogP contribution >= 0.6 is 24.0 Å². The van der Waals surface area contributed by atoms with Crippen LogP contribution in [0.5, 0.6) is 17.2 Å². The van der Waals surface area contributed by atoms with E-state index >= 15 is 0 Å². The molecule has 2 N–H and O–H groups in total. The fourth-order valence-corrected chi connectivity index (χ4v) is 3.15. The summed E-state index contributed by atoms with van der Waals surface area (Å²) in [7, 11) is 4.76. The third-order valence-corrected chi connectivity index (χ3v) is 4.58. The van der Waals surface area contributed by atoms with E-state index in [4.69, 9.17) is 14.2 Å². The number of likely N-dealkylation sites (tertiary alicyclic amines) is 1. The first kappa shape index (κ1) is 25.1. The van der Waals surface area contributed by atoms with E-state index in [0.717, 1.165) is 38.0 Å². The minimum atomic E-state index is 0. The predicted octanol–water partition coefficient (Wildman–Crippen LogP) is 2.40. The number of amides is 1. The van der Waals surface area contributed by atoms with Crippen LogP contribution in [0.4, 0.5) is 0 Å². The van der Waals surface area contributed by atoms with Crippen molar-refractivity contribution in [3.63, 3.8) is 0 Å². The van der Waals surface area contributed by atoms with Gasteiger partial charge in [0.1, 0.15) is 0 Å². The van der Waals surface area contributed by atoms with E-state index in [1.165, 1.54) is 0 Å². The van der Waals surface area contributed by atoms with E-state index in [-0.39, 0.29) is 29.9 Å². The Bertz CT molecular complexity index is 653. The summed E-state index contributed by atoms with van der Waals surface area (Å²) in [5.41, 5.74) is 0.930. The summed E-state index contributed by atoms with van der Waals surface area (Å²) in [6, 6.07) is 3.76. The van der Waals surface area contributed by atoms with Crippen molar-refractivity contribution in [3.8, 4) is 17.2 Å². The van der Waals surface area contributed by atoms with E-state index in [9.17, 15) is 4.79 Å². The van der Waals surface area contributed by atoms with E-state index in [1.54, 1.807) is 21.3 Å². The van der Waals surface area contributed by atoms with Crippen molar-refractivity contribution in [2.45, 2.75) is 32.7 Å². The SMILES string of the molecule is CCNC(=NCc1cc(OC)c(OC)c(OC)c1)NCCC(=O)N1CCCC1.I. The van der Waals surface area contributed by atoms with Gasteiger partial charge in [0.05, 0.1) is 27.9 Å². The number of benzene rings is 1. The van der Waals surface area contributed by atoms with Gasteiger partial charge in [-0.05, 0) is 37.5 Å². The number of hydrogen-bond acceptors (Lipinski definition) is 5. The maximum absolute atomic E-state index is 12.2. The number of carbonyl (C=O) groups excluding carboxylic acids is 1. The number of ether oxygens (including phenoxy) is 3. The number of aliphatic imine (C=N–C) groups is 1. The van der Waals surface area contributed by atoms with E-state index in [2.05, 4.69) is 15.6 Å². The van der Waals surface area contributed by atoms with Gasteiger partial charge in [-0.15, -0.1) is 24.0 Å². The van der Waals surface area contributed by atoms with Gasteiger partial charge < -0.3 is 29.7 Å². The number of rotatable bonds is 9. The minimum Gasteiger partial charge on any atom is -0.493 e. The maximum Gasteiger partial charge on any atom is 0.224 e. The van der Waals surface area contributed by atoms with Crippen LogP contribution in [0.25, 0.3) is 0 Å². The van der Waals surface area contributed by atoms with Crippen LogP contribution in [-0.2, 0) is 11.3 Å². The Hall–Kier alpha value is -1.91. The normalized spacial score (nSPS) is 13.5. The Morgan fingerprint density at radius 3 is 2.21 bits per heavy atom. The van der Waals surface area contributed by atoms with Crippen LogP contribution in [0, 0.1) is 0 Å². The molecule has 0 atom stereocenters. The van der Waals surface area contributed by atoms with Crippen LogP contribution in [0.2, 0.25) is 0 Å². The molecule has 1 aliphatic rings. The standard InChI is InChI=1S/C20H32N4O4.HI/c1-5-21-20(22-9-8-18(25)24-10-6-7-11-24)23-14-15-12-16(26-2)19(28-4)17(13-15)27-3;/h12-13H,5-11,14H2,1-4H3,(H2,21,22,23);1H. The minimum absolute atomic E-state index is 0. The van der Waals surface area contributed by atoms with Gasteiger partial charge in [-0.2, -0.15) is 0 Å². The quantitative estimate of drug-likeness (QED) is 0.296. The lowest BCUT2D eigenvalue weighted by atomic mass is 10.2. The number of methoxy groups -OCH3 is 3. The topological polar surface area (TPSA) is 84.4 Å². The molecule has 0 saturated carbocycles. The molecule has 1 fully saturated rings. The Labute approximate surface area is 190 Å². The molecule has 8 nitrogen and oxygen atoms in total. The highest BCUT2D eigenvalue weighted by Crippen LogP contribution is 2.38. The zero-order valence-corrected chi connectivity index (χ0v) is 20.1. The monoisotopic (exact) mass is 520 g/mol. The van der Waals surface area contributed by atoms with Gasteiger partial charge in [-0.1, -0.05) is 0 Å². The number of guanidine groups is 1. The van der Waals surface area contributed by atoms with Crippen molar-refractivity contribution >= 4 is 35.8 Å². The number of nitrogens with one attached hydrogen (secondary N) is 2. The summed E-state index contributed by atoms with van der Waals surface area (Å²) in [6.07, 6.45) is 2.69. The molecule has 0 aliphatic carbocycles. The Morgan fingerprint density at radius 1 is 1.07 bits per heavy atom. The summed E-state index contributed by atoms with van der Waals surface area (Å²) < 4.78 is 16.1. The third-order valence-electron chi connectivity index (χ3n) is 4.58. The van der Waals surface area contributed by atoms with Gasteiger partial charge in [0, 0.05) is 32.6 Å². The summed E-state index contributed by atoms with van der Waals surface area (Å²) >= 11 is 0. The lowest BCUT2D eigenvalue weighted by Crippen LogP contribution is -2.39. The molecule has 0 unspecified atom stereocenters. The smallest absolute Gasteiger partial charge is 0.224 e. The van der Waals surface area contributed by atoms with Crippen molar-refractivity contribution in [1.29, 1.82) is 0 Å². The first-order chi connectivity index (χ1) is 13.6. The molecule has 0 bridgehead atoms. The second kappa shape index (κ2) is 13.3.